The fourth-order valence-electron chi connectivity index (χ4n) is 2.91. The number of aromatic nitrogens is 1. The van der Waals surface area contributed by atoms with E-state index in [0.717, 1.165) is 5.56 Å². The number of carbonyl (C=O) groups is 1. The molecule has 2 atom stereocenters. The van der Waals surface area contributed by atoms with E-state index >= 15 is 0 Å². The summed E-state index contributed by atoms with van der Waals surface area (Å²) in [5, 5.41) is 16.3. The zero-order valence-corrected chi connectivity index (χ0v) is 12.7. The van der Waals surface area contributed by atoms with Crippen molar-refractivity contribution in [2.75, 3.05) is 18.4 Å². The van der Waals surface area contributed by atoms with Crippen LogP contribution in [0.15, 0.2) is 34.9 Å². The molecule has 1 aromatic carbocycles. The molecule has 2 N–H and O–H groups in total. The Morgan fingerprint density at radius 1 is 1.52 bits per heavy atom. The summed E-state index contributed by atoms with van der Waals surface area (Å²) in [6, 6.07) is 7.68. The molecule has 122 valence electrons. The van der Waals surface area contributed by atoms with E-state index in [9.17, 15) is 14.3 Å². The summed E-state index contributed by atoms with van der Waals surface area (Å²) in [5.41, 5.74) is 0.756. The van der Waals surface area contributed by atoms with Crippen LogP contribution in [0.2, 0.25) is 0 Å². The third kappa shape index (κ3) is 3.75. The SMILES string of the molecule is Cc1cc(NC(=O)CN2CC(O)CC2c2cccc(F)c2)no1. The van der Waals surface area contributed by atoms with Crippen LogP contribution in [0, 0.1) is 12.7 Å². The van der Waals surface area contributed by atoms with Gasteiger partial charge < -0.3 is 14.9 Å². The topological polar surface area (TPSA) is 78.6 Å². The normalized spacial score (nSPS) is 21.5. The first kappa shape index (κ1) is 15.6. The van der Waals surface area contributed by atoms with Gasteiger partial charge in [-0.2, -0.15) is 0 Å². The molecule has 1 saturated heterocycles. The molecule has 1 amide bonds. The lowest BCUT2D eigenvalue weighted by Gasteiger charge is -2.23. The van der Waals surface area contributed by atoms with Gasteiger partial charge in [0, 0.05) is 18.7 Å². The predicted octanol–water partition coefficient (Wildman–Crippen LogP) is 1.87. The van der Waals surface area contributed by atoms with E-state index in [-0.39, 0.29) is 24.3 Å². The molecule has 2 aromatic rings. The van der Waals surface area contributed by atoms with Gasteiger partial charge in [0.05, 0.1) is 12.6 Å². The minimum atomic E-state index is -0.537. The van der Waals surface area contributed by atoms with Crippen LogP contribution < -0.4 is 5.32 Å². The molecule has 1 aromatic heterocycles. The van der Waals surface area contributed by atoms with Crippen LogP contribution in [0.4, 0.5) is 10.2 Å². The number of aliphatic hydroxyl groups is 1. The van der Waals surface area contributed by atoms with Gasteiger partial charge in [-0.05, 0) is 31.0 Å². The molecule has 0 spiro atoms. The number of aliphatic hydroxyl groups excluding tert-OH is 1. The van der Waals surface area contributed by atoms with Crippen LogP contribution in [0.3, 0.4) is 0 Å². The second kappa shape index (κ2) is 6.47. The number of hydrogen-bond donors (Lipinski definition) is 2. The molecule has 6 nitrogen and oxygen atoms in total. The lowest BCUT2D eigenvalue weighted by Crippen LogP contribution is -2.33. The van der Waals surface area contributed by atoms with Gasteiger partial charge in [0.2, 0.25) is 5.91 Å². The number of rotatable bonds is 4. The Morgan fingerprint density at radius 3 is 3.04 bits per heavy atom. The third-order valence-electron chi connectivity index (χ3n) is 3.86. The quantitative estimate of drug-likeness (QED) is 0.899. The number of β-amino-alcohol motifs (C(OH)–C–C–N with tert-alkyl or cyclic N) is 1. The molecule has 23 heavy (non-hydrogen) atoms. The first-order valence-electron chi connectivity index (χ1n) is 7.42. The first-order valence-corrected chi connectivity index (χ1v) is 7.42. The highest BCUT2D eigenvalue weighted by molar-refractivity contribution is 5.91. The van der Waals surface area contributed by atoms with Gasteiger partial charge in [-0.3, -0.25) is 9.69 Å². The highest BCUT2D eigenvalue weighted by Gasteiger charge is 2.33. The van der Waals surface area contributed by atoms with Crippen molar-refractivity contribution in [2.45, 2.75) is 25.5 Å². The maximum Gasteiger partial charge on any atom is 0.239 e. The molecule has 3 rings (SSSR count). The van der Waals surface area contributed by atoms with Gasteiger partial charge in [0.25, 0.3) is 0 Å². The number of nitrogens with zero attached hydrogens (tertiary/aromatic N) is 2. The second-order valence-electron chi connectivity index (χ2n) is 5.76. The molecule has 0 radical (unpaired) electrons. The minimum absolute atomic E-state index is 0.0874. The molecule has 0 saturated carbocycles. The Hall–Kier alpha value is -2.25. The van der Waals surface area contributed by atoms with Crippen molar-refractivity contribution < 1.29 is 18.8 Å². The standard InChI is InChI=1S/C16H18FN3O3/c1-10-5-15(19-23-10)18-16(22)9-20-8-13(21)7-14(20)11-3-2-4-12(17)6-11/h2-6,13-14,21H,7-9H2,1H3,(H,18,19,22). The van der Waals surface area contributed by atoms with E-state index in [0.29, 0.717) is 24.5 Å². The Morgan fingerprint density at radius 2 is 2.35 bits per heavy atom. The molecular formula is C16H18FN3O3. The molecule has 1 aliphatic rings. The Kier molecular flexibility index (Phi) is 4.40. The van der Waals surface area contributed by atoms with Gasteiger partial charge in [-0.15, -0.1) is 0 Å². The van der Waals surface area contributed by atoms with Crippen molar-refractivity contribution in [3.8, 4) is 0 Å². The van der Waals surface area contributed by atoms with E-state index in [1.54, 1.807) is 25.1 Å². The summed E-state index contributed by atoms with van der Waals surface area (Å²) in [6.45, 7) is 2.19. The summed E-state index contributed by atoms with van der Waals surface area (Å²) in [6.07, 6.45) is -0.0647. The Bertz CT molecular complexity index is 703. The van der Waals surface area contributed by atoms with Crippen LogP contribution in [0.5, 0.6) is 0 Å². The fraction of sp³-hybridized carbons (Fsp3) is 0.375. The lowest BCUT2D eigenvalue weighted by molar-refractivity contribution is -0.117. The van der Waals surface area contributed by atoms with Crippen molar-refractivity contribution in [1.82, 2.24) is 10.1 Å². The van der Waals surface area contributed by atoms with Crippen molar-refractivity contribution in [3.05, 3.63) is 47.5 Å². The third-order valence-corrected chi connectivity index (χ3v) is 3.86. The smallest absolute Gasteiger partial charge is 0.239 e. The molecule has 7 heteroatoms. The number of likely N-dealkylation sites (tertiary alicyclic amines) is 1. The van der Waals surface area contributed by atoms with Gasteiger partial charge >= 0.3 is 0 Å². The molecular weight excluding hydrogens is 301 g/mol. The summed E-state index contributed by atoms with van der Waals surface area (Å²) >= 11 is 0. The Labute approximate surface area is 132 Å². The van der Waals surface area contributed by atoms with Gasteiger partial charge in [-0.25, -0.2) is 4.39 Å². The number of anilines is 1. The molecule has 0 bridgehead atoms. The number of aryl methyl sites for hydroxylation is 1. The van der Waals surface area contributed by atoms with Crippen molar-refractivity contribution in [1.29, 1.82) is 0 Å². The number of nitrogens with one attached hydrogen (secondary N) is 1. The summed E-state index contributed by atoms with van der Waals surface area (Å²) < 4.78 is 18.3. The lowest BCUT2D eigenvalue weighted by atomic mass is 10.0. The fourth-order valence-corrected chi connectivity index (χ4v) is 2.91. The van der Waals surface area contributed by atoms with Crippen molar-refractivity contribution in [2.24, 2.45) is 0 Å². The minimum Gasteiger partial charge on any atom is -0.392 e. The number of halogens is 1. The number of carbonyl (C=O) groups excluding carboxylic acids is 1. The maximum atomic E-state index is 13.4. The zero-order chi connectivity index (χ0) is 16.4. The largest absolute Gasteiger partial charge is 0.392 e. The van der Waals surface area contributed by atoms with Gasteiger partial charge in [0.1, 0.15) is 11.6 Å². The van der Waals surface area contributed by atoms with Crippen LogP contribution in [-0.4, -0.2) is 40.3 Å². The zero-order valence-electron chi connectivity index (χ0n) is 12.7. The molecule has 1 aliphatic heterocycles. The summed E-state index contributed by atoms with van der Waals surface area (Å²) in [4.78, 5) is 14.0. The van der Waals surface area contributed by atoms with Crippen LogP contribution in [-0.2, 0) is 4.79 Å². The van der Waals surface area contributed by atoms with Crippen LogP contribution in [0.1, 0.15) is 23.8 Å². The summed E-state index contributed by atoms with van der Waals surface area (Å²) in [7, 11) is 0. The second-order valence-corrected chi connectivity index (χ2v) is 5.76. The maximum absolute atomic E-state index is 13.4. The molecule has 0 aliphatic carbocycles. The van der Waals surface area contributed by atoms with E-state index in [4.69, 9.17) is 4.52 Å². The predicted molar refractivity (Wildman–Crippen MR) is 81.2 cm³/mol. The van der Waals surface area contributed by atoms with E-state index < -0.39 is 6.10 Å². The Balaban J connectivity index is 1.68. The van der Waals surface area contributed by atoms with E-state index in [2.05, 4.69) is 10.5 Å². The van der Waals surface area contributed by atoms with Gasteiger partial charge in [-0.1, -0.05) is 17.3 Å². The number of benzene rings is 1. The molecule has 2 heterocycles. The van der Waals surface area contributed by atoms with Crippen molar-refractivity contribution in [3.63, 3.8) is 0 Å². The summed E-state index contributed by atoms with van der Waals surface area (Å²) in [5.74, 6) is 0.379. The monoisotopic (exact) mass is 319 g/mol. The van der Waals surface area contributed by atoms with Crippen LogP contribution >= 0.6 is 0 Å². The van der Waals surface area contributed by atoms with Gasteiger partial charge in [0.15, 0.2) is 5.82 Å². The highest BCUT2D eigenvalue weighted by atomic mass is 19.1. The highest BCUT2D eigenvalue weighted by Crippen LogP contribution is 2.32. The van der Waals surface area contributed by atoms with E-state index in [1.165, 1.54) is 12.1 Å². The van der Waals surface area contributed by atoms with Crippen molar-refractivity contribution >= 4 is 11.7 Å². The van der Waals surface area contributed by atoms with Crippen LogP contribution in [0.25, 0.3) is 0 Å². The average molecular weight is 319 g/mol. The molecule has 2 unspecified atom stereocenters. The molecule has 1 fully saturated rings. The first-order chi connectivity index (χ1) is 11.0. The average Bonchev–Trinajstić information content (AvgIpc) is 3.05. The number of hydrogen-bond acceptors (Lipinski definition) is 5. The number of amides is 1. The van der Waals surface area contributed by atoms with E-state index in [1.807, 2.05) is 4.90 Å².